The quantitative estimate of drug-likeness (QED) is 0.888. The predicted octanol–water partition coefficient (Wildman–Crippen LogP) is 1.75. The van der Waals surface area contributed by atoms with Gasteiger partial charge in [0.1, 0.15) is 0 Å². The lowest BCUT2D eigenvalue weighted by Crippen LogP contribution is -2.53. The molecule has 2 amide bonds. The lowest BCUT2D eigenvalue weighted by Gasteiger charge is -2.34. The fourth-order valence-electron chi connectivity index (χ4n) is 2.45. The molecule has 1 aliphatic rings. The molecule has 1 saturated heterocycles. The summed E-state index contributed by atoms with van der Waals surface area (Å²) in [5, 5.41) is 2.89. The van der Waals surface area contributed by atoms with Gasteiger partial charge in [0.2, 0.25) is 10.0 Å². The Morgan fingerprint density at radius 3 is 2.30 bits per heavy atom. The molecule has 0 radical (unpaired) electrons. The molecular weight excluding hydrogens is 314 g/mol. The number of sulfonamides is 1. The zero-order chi connectivity index (χ0) is 16.9. The molecule has 1 aliphatic heterocycles. The number of hydrogen-bond donors (Lipinski definition) is 1. The summed E-state index contributed by atoms with van der Waals surface area (Å²) >= 11 is 0. The number of nitrogens with one attached hydrogen (secondary N) is 1. The molecule has 0 saturated carbocycles. The van der Waals surface area contributed by atoms with Gasteiger partial charge in [-0.1, -0.05) is 32.0 Å². The maximum absolute atomic E-state index is 12.5. The van der Waals surface area contributed by atoms with E-state index >= 15 is 0 Å². The Morgan fingerprint density at radius 1 is 1.13 bits per heavy atom. The first-order valence-electron chi connectivity index (χ1n) is 7.99. The topological polar surface area (TPSA) is 69.7 Å². The van der Waals surface area contributed by atoms with Crippen molar-refractivity contribution in [1.82, 2.24) is 14.5 Å². The van der Waals surface area contributed by atoms with Gasteiger partial charge in [0, 0.05) is 32.7 Å². The van der Waals surface area contributed by atoms with Crippen LogP contribution in [-0.4, -0.2) is 56.4 Å². The minimum absolute atomic E-state index is 0.109. The minimum atomic E-state index is -3.46. The molecule has 2 rings (SSSR count). The number of rotatable bonds is 5. The number of urea groups is 1. The van der Waals surface area contributed by atoms with Crippen LogP contribution in [0.5, 0.6) is 0 Å². The number of nitrogens with zero attached hydrogens (tertiary/aromatic N) is 2. The molecule has 23 heavy (non-hydrogen) atoms. The van der Waals surface area contributed by atoms with Gasteiger partial charge in [-0.2, -0.15) is 4.31 Å². The van der Waals surface area contributed by atoms with Crippen LogP contribution >= 0.6 is 0 Å². The lowest BCUT2D eigenvalue weighted by molar-refractivity contribution is 0.172. The molecule has 7 heteroatoms. The van der Waals surface area contributed by atoms with Crippen LogP contribution in [-0.2, 0) is 10.0 Å². The van der Waals surface area contributed by atoms with Gasteiger partial charge < -0.3 is 10.2 Å². The van der Waals surface area contributed by atoms with E-state index in [-0.39, 0.29) is 6.03 Å². The van der Waals surface area contributed by atoms with Gasteiger partial charge in [0.25, 0.3) is 0 Å². The summed E-state index contributed by atoms with van der Waals surface area (Å²) < 4.78 is 26.5. The molecule has 0 atom stereocenters. The van der Waals surface area contributed by atoms with Crippen molar-refractivity contribution in [2.45, 2.75) is 25.2 Å². The van der Waals surface area contributed by atoms with Crippen molar-refractivity contribution >= 4 is 16.1 Å². The van der Waals surface area contributed by atoms with Crippen LogP contribution in [0, 0.1) is 5.92 Å². The third kappa shape index (κ3) is 4.68. The monoisotopic (exact) mass is 339 g/mol. The Bertz CT molecular complexity index is 609. The Labute approximate surface area is 138 Å². The highest BCUT2D eigenvalue weighted by atomic mass is 32.2. The maximum Gasteiger partial charge on any atom is 0.317 e. The van der Waals surface area contributed by atoms with Gasteiger partial charge in [0.15, 0.2) is 0 Å². The second-order valence-electron chi connectivity index (χ2n) is 6.12. The van der Waals surface area contributed by atoms with Crippen molar-refractivity contribution in [3.8, 4) is 0 Å². The molecular formula is C16H25N3O3S. The second kappa shape index (κ2) is 7.79. The molecule has 0 aliphatic carbocycles. The van der Waals surface area contributed by atoms with Crippen LogP contribution in [0.3, 0.4) is 0 Å². The summed E-state index contributed by atoms with van der Waals surface area (Å²) in [7, 11) is -3.46. The van der Waals surface area contributed by atoms with Crippen LogP contribution in [0.1, 0.15) is 20.3 Å². The van der Waals surface area contributed by atoms with Gasteiger partial charge in [0.05, 0.1) is 4.90 Å². The summed E-state index contributed by atoms with van der Waals surface area (Å²) in [6.07, 6.45) is 0.939. The standard InChI is InChI=1S/C16H25N3O3S/c1-14(2)8-9-17-16(20)18-10-12-19(13-11-18)23(21,22)15-6-4-3-5-7-15/h3-7,14H,8-13H2,1-2H3,(H,17,20). The van der Waals surface area contributed by atoms with Crippen molar-refractivity contribution in [2.24, 2.45) is 5.92 Å². The van der Waals surface area contributed by atoms with Crippen molar-refractivity contribution in [3.05, 3.63) is 30.3 Å². The van der Waals surface area contributed by atoms with Crippen molar-refractivity contribution in [3.63, 3.8) is 0 Å². The smallest absolute Gasteiger partial charge is 0.317 e. The number of hydrogen-bond acceptors (Lipinski definition) is 3. The molecule has 1 aromatic carbocycles. The average Bonchev–Trinajstić information content (AvgIpc) is 2.55. The first kappa shape index (κ1) is 17.7. The van der Waals surface area contributed by atoms with Crippen molar-refractivity contribution < 1.29 is 13.2 Å². The highest BCUT2D eigenvalue weighted by molar-refractivity contribution is 7.89. The summed E-state index contributed by atoms with van der Waals surface area (Å²) in [5.74, 6) is 0.545. The second-order valence-corrected chi connectivity index (χ2v) is 8.06. The van der Waals surface area contributed by atoms with Gasteiger partial charge in [-0.15, -0.1) is 0 Å². The number of benzene rings is 1. The van der Waals surface area contributed by atoms with Crippen LogP contribution in [0.25, 0.3) is 0 Å². The highest BCUT2D eigenvalue weighted by Gasteiger charge is 2.29. The molecule has 1 fully saturated rings. The van der Waals surface area contributed by atoms with E-state index in [1.165, 1.54) is 4.31 Å². The van der Waals surface area contributed by atoms with Crippen molar-refractivity contribution in [1.29, 1.82) is 0 Å². The van der Waals surface area contributed by atoms with E-state index in [0.717, 1.165) is 6.42 Å². The lowest BCUT2D eigenvalue weighted by atomic mass is 10.1. The molecule has 1 aromatic rings. The van der Waals surface area contributed by atoms with E-state index < -0.39 is 10.0 Å². The average molecular weight is 339 g/mol. The van der Waals surface area contributed by atoms with E-state index in [0.29, 0.717) is 43.5 Å². The maximum atomic E-state index is 12.5. The highest BCUT2D eigenvalue weighted by Crippen LogP contribution is 2.17. The van der Waals surface area contributed by atoms with E-state index in [1.54, 1.807) is 35.2 Å². The fraction of sp³-hybridized carbons (Fsp3) is 0.562. The van der Waals surface area contributed by atoms with Gasteiger partial charge >= 0.3 is 6.03 Å². The van der Waals surface area contributed by atoms with E-state index in [4.69, 9.17) is 0 Å². The number of piperazine rings is 1. The van der Waals surface area contributed by atoms with Gasteiger partial charge in [-0.25, -0.2) is 13.2 Å². The van der Waals surface area contributed by atoms with Crippen LogP contribution in [0.15, 0.2) is 35.2 Å². The predicted molar refractivity (Wildman–Crippen MR) is 89.6 cm³/mol. The molecule has 0 bridgehead atoms. The first-order chi connectivity index (χ1) is 10.9. The summed E-state index contributed by atoms with van der Waals surface area (Å²) in [4.78, 5) is 14.0. The number of carbonyl (C=O) groups is 1. The van der Waals surface area contributed by atoms with Crippen LogP contribution < -0.4 is 5.32 Å². The molecule has 1 N–H and O–H groups in total. The Morgan fingerprint density at radius 2 is 1.74 bits per heavy atom. The zero-order valence-corrected chi connectivity index (χ0v) is 14.6. The molecule has 128 valence electrons. The van der Waals surface area contributed by atoms with E-state index in [1.807, 2.05) is 0 Å². The van der Waals surface area contributed by atoms with E-state index in [9.17, 15) is 13.2 Å². The molecule has 0 unspecified atom stereocenters. The zero-order valence-electron chi connectivity index (χ0n) is 13.7. The summed E-state index contributed by atoms with van der Waals surface area (Å²) in [5.41, 5.74) is 0. The Kier molecular flexibility index (Phi) is 6.01. The Balaban J connectivity index is 1.87. The molecule has 0 aromatic heterocycles. The molecule has 6 nitrogen and oxygen atoms in total. The number of carbonyl (C=O) groups excluding carboxylic acids is 1. The normalized spacial score (nSPS) is 16.6. The summed E-state index contributed by atoms with van der Waals surface area (Å²) in [6.45, 7) is 6.36. The third-order valence-electron chi connectivity index (χ3n) is 3.90. The minimum Gasteiger partial charge on any atom is -0.338 e. The molecule has 1 heterocycles. The van der Waals surface area contributed by atoms with Crippen molar-refractivity contribution in [2.75, 3.05) is 32.7 Å². The van der Waals surface area contributed by atoms with Crippen LogP contribution in [0.4, 0.5) is 4.79 Å². The van der Waals surface area contributed by atoms with Gasteiger partial charge in [-0.3, -0.25) is 0 Å². The third-order valence-corrected chi connectivity index (χ3v) is 5.82. The summed E-state index contributed by atoms with van der Waals surface area (Å²) in [6, 6.07) is 8.30. The fourth-order valence-corrected chi connectivity index (χ4v) is 3.90. The van der Waals surface area contributed by atoms with Gasteiger partial charge in [-0.05, 0) is 24.5 Å². The van der Waals surface area contributed by atoms with Crippen LogP contribution in [0.2, 0.25) is 0 Å². The molecule has 0 spiro atoms. The Hall–Kier alpha value is -1.60. The number of amides is 2. The SMILES string of the molecule is CC(C)CCNC(=O)N1CCN(S(=O)(=O)c2ccccc2)CC1. The first-order valence-corrected chi connectivity index (χ1v) is 9.43. The van der Waals surface area contributed by atoms with E-state index in [2.05, 4.69) is 19.2 Å². The largest absolute Gasteiger partial charge is 0.338 e.